The van der Waals surface area contributed by atoms with Gasteiger partial charge in [-0.2, -0.15) is 4.31 Å². The third-order valence-corrected chi connectivity index (χ3v) is 6.38. The number of amides is 1. The summed E-state index contributed by atoms with van der Waals surface area (Å²) in [5, 5.41) is 2.74. The topological polar surface area (TPSA) is 102 Å². The molecule has 1 N–H and O–H groups in total. The minimum atomic E-state index is -3.77. The molecule has 1 aliphatic rings. The summed E-state index contributed by atoms with van der Waals surface area (Å²) in [6, 6.07) is 5.66. The SMILES string of the molecule is CCCC(C)NC(=O)COC(=O)c1cccc(S(=O)(=O)N2CC(C)OC(C)C2)c1. The van der Waals surface area contributed by atoms with E-state index in [1.165, 1.54) is 28.6 Å². The van der Waals surface area contributed by atoms with Gasteiger partial charge in [-0.1, -0.05) is 19.4 Å². The minimum Gasteiger partial charge on any atom is -0.452 e. The third kappa shape index (κ3) is 6.52. The standard InChI is InChI=1S/C20H30N2O6S/c1-5-7-14(2)21-19(23)13-27-20(24)17-8-6-9-18(10-17)29(25,26)22-11-15(3)28-16(4)12-22/h6,8-10,14-16H,5,7,11-13H2,1-4H3,(H,21,23). The molecule has 9 heteroatoms. The van der Waals surface area contributed by atoms with Crippen molar-refractivity contribution in [3.8, 4) is 0 Å². The lowest BCUT2D eigenvalue weighted by atomic mass is 10.2. The van der Waals surface area contributed by atoms with E-state index in [0.29, 0.717) is 0 Å². The molecule has 2 rings (SSSR count). The van der Waals surface area contributed by atoms with Gasteiger partial charge in [0.25, 0.3) is 5.91 Å². The zero-order valence-corrected chi connectivity index (χ0v) is 18.2. The van der Waals surface area contributed by atoms with Crippen LogP contribution in [-0.4, -0.2) is 62.5 Å². The van der Waals surface area contributed by atoms with E-state index >= 15 is 0 Å². The number of ether oxygens (including phenoxy) is 2. The summed E-state index contributed by atoms with van der Waals surface area (Å²) in [6.07, 6.45) is 1.34. The first-order chi connectivity index (χ1) is 13.6. The smallest absolute Gasteiger partial charge is 0.338 e. The largest absolute Gasteiger partial charge is 0.452 e. The first kappa shape index (κ1) is 23.3. The Morgan fingerprint density at radius 2 is 1.93 bits per heavy atom. The van der Waals surface area contributed by atoms with Crippen LogP contribution in [0.5, 0.6) is 0 Å². The van der Waals surface area contributed by atoms with Gasteiger partial charge < -0.3 is 14.8 Å². The fourth-order valence-electron chi connectivity index (χ4n) is 3.30. The van der Waals surface area contributed by atoms with Crippen LogP contribution in [0, 0.1) is 0 Å². The Balaban J connectivity index is 2.04. The minimum absolute atomic E-state index is 0.00187. The average molecular weight is 427 g/mol. The Hall–Kier alpha value is -1.97. The highest BCUT2D eigenvalue weighted by atomic mass is 32.2. The highest BCUT2D eigenvalue weighted by molar-refractivity contribution is 7.89. The van der Waals surface area contributed by atoms with Crippen molar-refractivity contribution < 1.29 is 27.5 Å². The Morgan fingerprint density at radius 1 is 1.28 bits per heavy atom. The fraction of sp³-hybridized carbons (Fsp3) is 0.600. The van der Waals surface area contributed by atoms with Crippen LogP contribution in [0.25, 0.3) is 0 Å². The van der Waals surface area contributed by atoms with Gasteiger partial charge in [0, 0.05) is 19.1 Å². The molecule has 0 aromatic heterocycles. The van der Waals surface area contributed by atoms with Gasteiger partial charge in [-0.25, -0.2) is 13.2 Å². The number of sulfonamides is 1. The number of nitrogens with zero attached hydrogens (tertiary/aromatic N) is 1. The second-order valence-electron chi connectivity index (χ2n) is 7.44. The number of hydrogen-bond donors (Lipinski definition) is 1. The van der Waals surface area contributed by atoms with Crippen molar-refractivity contribution in [2.45, 2.75) is 63.7 Å². The summed E-state index contributed by atoms with van der Waals surface area (Å²) in [7, 11) is -3.77. The number of carbonyl (C=O) groups excluding carboxylic acids is 2. The molecule has 1 fully saturated rings. The second kappa shape index (κ2) is 10.2. The monoisotopic (exact) mass is 426 g/mol. The molecule has 0 saturated carbocycles. The molecule has 1 aromatic carbocycles. The zero-order chi connectivity index (χ0) is 21.6. The van der Waals surface area contributed by atoms with Crippen LogP contribution in [0.3, 0.4) is 0 Å². The average Bonchev–Trinajstić information content (AvgIpc) is 2.65. The number of carbonyl (C=O) groups is 2. The molecule has 0 aliphatic carbocycles. The van der Waals surface area contributed by atoms with Crippen molar-refractivity contribution in [3.63, 3.8) is 0 Å². The van der Waals surface area contributed by atoms with Crippen LogP contribution in [-0.2, 0) is 24.3 Å². The van der Waals surface area contributed by atoms with E-state index in [1.54, 1.807) is 0 Å². The lowest BCUT2D eigenvalue weighted by Gasteiger charge is -2.34. The fourth-order valence-corrected chi connectivity index (χ4v) is 4.93. The predicted octanol–water partition coefficient (Wildman–Crippen LogP) is 1.95. The van der Waals surface area contributed by atoms with Gasteiger partial charge in [-0.3, -0.25) is 4.79 Å². The number of morpholine rings is 1. The van der Waals surface area contributed by atoms with Gasteiger partial charge in [0.2, 0.25) is 10.0 Å². The van der Waals surface area contributed by atoms with E-state index in [9.17, 15) is 18.0 Å². The molecule has 29 heavy (non-hydrogen) atoms. The summed E-state index contributed by atoms with van der Waals surface area (Å²) in [4.78, 5) is 24.2. The molecule has 1 amide bonds. The molecule has 0 bridgehead atoms. The van der Waals surface area contributed by atoms with E-state index in [2.05, 4.69) is 5.32 Å². The summed E-state index contributed by atoms with van der Waals surface area (Å²) >= 11 is 0. The Bertz CT molecular complexity index is 816. The maximum atomic E-state index is 13.0. The number of rotatable bonds is 8. The van der Waals surface area contributed by atoms with E-state index in [-0.39, 0.29) is 47.7 Å². The number of benzene rings is 1. The molecule has 0 spiro atoms. The maximum Gasteiger partial charge on any atom is 0.338 e. The molecule has 1 saturated heterocycles. The Kier molecular flexibility index (Phi) is 8.18. The number of nitrogens with one attached hydrogen (secondary N) is 1. The highest BCUT2D eigenvalue weighted by Crippen LogP contribution is 2.22. The van der Waals surface area contributed by atoms with Crippen LogP contribution >= 0.6 is 0 Å². The summed E-state index contributed by atoms with van der Waals surface area (Å²) in [6.45, 7) is 7.61. The Labute approximate surface area is 172 Å². The van der Waals surface area contributed by atoms with Gasteiger partial charge >= 0.3 is 5.97 Å². The highest BCUT2D eigenvalue weighted by Gasteiger charge is 2.32. The van der Waals surface area contributed by atoms with Gasteiger partial charge in [0.05, 0.1) is 22.7 Å². The van der Waals surface area contributed by atoms with Crippen molar-refractivity contribution in [2.75, 3.05) is 19.7 Å². The summed E-state index contributed by atoms with van der Waals surface area (Å²) in [5.41, 5.74) is 0.0786. The molecule has 1 aromatic rings. The van der Waals surface area contributed by atoms with Crippen LogP contribution in [0.2, 0.25) is 0 Å². The maximum absolute atomic E-state index is 13.0. The van der Waals surface area contributed by atoms with Crippen molar-refractivity contribution in [3.05, 3.63) is 29.8 Å². The molecule has 3 unspecified atom stereocenters. The van der Waals surface area contributed by atoms with Crippen molar-refractivity contribution in [2.24, 2.45) is 0 Å². The molecule has 8 nitrogen and oxygen atoms in total. The van der Waals surface area contributed by atoms with Gasteiger partial charge in [-0.15, -0.1) is 0 Å². The molecule has 162 valence electrons. The molecule has 1 heterocycles. The summed E-state index contributed by atoms with van der Waals surface area (Å²) in [5.74, 6) is -1.14. The van der Waals surface area contributed by atoms with E-state index < -0.39 is 22.6 Å². The van der Waals surface area contributed by atoms with Crippen LogP contribution in [0.1, 0.15) is 50.9 Å². The molecule has 3 atom stereocenters. The van der Waals surface area contributed by atoms with E-state index in [4.69, 9.17) is 9.47 Å². The molecular formula is C20H30N2O6S. The molecular weight excluding hydrogens is 396 g/mol. The van der Waals surface area contributed by atoms with Gasteiger partial charge in [-0.05, 0) is 45.4 Å². The first-order valence-corrected chi connectivity index (χ1v) is 11.3. The van der Waals surface area contributed by atoms with Crippen LogP contribution in [0.15, 0.2) is 29.2 Å². The normalized spacial score (nSPS) is 21.4. The quantitative estimate of drug-likeness (QED) is 0.638. The first-order valence-electron chi connectivity index (χ1n) is 9.85. The van der Waals surface area contributed by atoms with Crippen molar-refractivity contribution >= 4 is 21.9 Å². The van der Waals surface area contributed by atoms with Gasteiger partial charge in [0.15, 0.2) is 6.61 Å². The number of esters is 1. The van der Waals surface area contributed by atoms with Crippen molar-refractivity contribution in [1.82, 2.24) is 9.62 Å². The second-order valence-corrected chi connectivity index (χ2v) is 9.38. The lowest BCUT2D eigenvalue weighted by Crippen LogP contribution is -2.48. The van der Waals surface area contributed by atoms with E-state index in [1.807, 2.05) is 27.7 Å². The summed E-state index contributed by atoms with van der Waals surface area (Å²) < 4.78 is 37.9. The Morgan fingerprint density at radius 3 is 2.55 bits per heavy atom. The van der Waals surface area contributed by atoms with Gasteiger partial charge in [0.1, 0.15) is 0 Å². The molecule has 1 aliphatic heterocycles. The predicted molar refractivity (Wildman–Crippen MR) is 108 cm³/mol. The van der Waals surface area contributed by atoms with Crippen LogP contribution < -0.4 is 5.32 Å². The van der Waals surface area contributed by atoms with Crippen molar-refractivity contribution in [1.29, 1.82) is 0 Å². The molecule has 0 radical (unpaired) electrons. The lowest BCUT2D eigenvalue weighted by molar-refractivity contribution is -0.124. The van der Waals surface area contributed by atoms with E-state index in [0.717, 1.165) is 12.8 Å². The zero-order valence-electron chi connectivity index (χ0n) is 17.4. The third-order valence-electron chi connectivity index (χ3n) is 4.56. The van der Waals surface area contributed by atoms with Crippen LogP contribution in [0.4, 0.5) is 0 Å². The number of hydrogen-bond acceptors (Lipinski definition) is 6.